The van der Waals surface area contributed by atoms with Gasteiger partial charge in [-0.15, -0.1) is 12.3 Å². The van der Waals surface area contributed by atoms with E-state index in [0.29, 0.717) is 6.42 Å². The summed E-state index contributed by atoms with van der Waals surface area (Å²) in [7, 11) is 0. The molecule has 0 saturated heterocycles. The van der Waals surface area contributed by atoms with Gasteiger partial charge in [-0.05, 0) is 11.6 Å². The molecule has 1 rings (SSSR count). The van der Waals surface area contributed by atoms with Crippen molar-refractivity contribution in [2.45, 2.75) is 12.5 Å². The molecule has 0 fully saturated rings. The molecule has 0 aliphatic heterocycles. The third-order valence-corrected chi connectivity index (χ3v) is 1.61. The van der Waals surface area contributed by atoms with Crippen molar-refractivity contribution in [1.29, 1.82) is 0 Å². The van der Waals surface area contributed by atoms with Crippen LogP contribution in [0, 0.1) is 12.3 Å². The van der Waals surface area contributed by atoms with Gasteiger partial charge in [0.25, 0.3) is 0 Å². The lowest BCUT2D eigenvalue weighted by molar-refractivity contribution is 0.566. The van der Waals surface area contributed by atoms with Gasteiger partial charge < -0.3 is 0 Å². The molecule has 3 nitrogen and oxygen atoms in total. The first-order valence-electron chi connectivity index (χ1n) is 3.68. The lowest BCUT2D eigenvalue weighted by atomic mass is 10.1. The Hall–Kier alpha value is -1.37. The van der Waals surface area contributed by atoms with Crippen LogP contribution < -0.4 is 11.3 Å². The van der Waals surface area contributed by atoms with Crippen molar-refractivity contribution < 1.29 is 0 Å². The number of terminal acetylenes is 1. The topological polar surface area (TPSA) is 50.9 Å². The average molecular weight is 161 g/mol. The van der Waals surface area contributed by atoms with E-state index in [2.05, 4.69) is 16.3 Å². The van der Waals surface area contributed by atoms with Crippen LogP contribution in [0.3, 0.4) is 0 Å². The Morgan fingerprint density at radius 2 is 2.58 bits per heavy atom. The number of nitrogens with one attached hydrogen (secondary N) is 1. The quantitative estimate of drug-likeness (QED) is 0.388. The normalized spacial score (nSPS) is 12.0. The van der Waals surface area contributed by atoms with Crippen LogP contribution in [0.5, 0.6) is 0 Å². The van der Waals surface area contributed by atoms with Crippen molar-refractivity contribution in [1.82, 2.24) is 10.4 Å². The van der Waals surface area contributed by atoms with E-state index in [0.717, 1.165) is 5.56 Å². The highest BCUT2D eigenvalue weighted by atomic mass is 15.2. The number of rotatable bonds is 3. The maximum atomic E-state index is 5.32. The van der Waals surface area contributed by atoms with Crippen LogP contribution >= 0.6 is 0 Å². The molecule has 12 heavy (non-hydrogen) atoms. The molecule has 3 N–H and O–H groups in total. The van der Waals surface area contributed by atoms with E-state index in [1.165, 1.54) is 0 Å². The molecule has 0 radical (unpaired) electrons. The molecule has 0 saturated carbocycles. The molecular weight excluding hydrogens is 150 g/mol. The zero-order valence-electron chi connectivity index (χ0n) is 6.70. The molecule has 0 aliphatic carbocycles. The third-order valence-electron chi connectivity index (χ3n) is 1.61. The fourth-order valence-corrected chi connectivity index (χ4v) is 0.973. The van der Waals surface area contributed by atoms with Crippen molar-refractivity contribution in [3.63, 3.8) is 0 Å². The predicted octanol–water partition coefficient (Wildman–Crippen LogP) is 0.609. The monoisotopic (exact) mass is 161 g/mol. The van der Waals surface area contributed by atoms with Gasteiger partial charge in [-0.2, -0.15) is 0 Å². The van der Waals surface area contributed by atoms with Crippen molar-refractivity contribution in [2.75, 3.05) is 0 Å². The molecule has 0 spiro atoms. The first kappa shape index (κ1) is 8.72. The summed E-state index contributed by atoms with van der Waals surface area (Å²) in [6.45, 7) is 0. The summed E-state index contributed by atoms with van der Waals surface area (Å²) >= 11 is 0. The van der Waals surface area contributed by atoms with Gasteiger partial charge in [-0.3, -0.25) is 16.3 Å². The van der Waals surface area contributed by atoms with Crippen LogP contribution in [0.4, 0.5) is 0 Å². The molecule has 0 bridgehead atoms. The van der Waals surface area contributed by atoms with Crippen LogP contribution in [0.15, 0.2) is 24.5 Å². The van der Waals surface area contributed by atoms with Crippen LogP contribution in [0.25, 0.3) is 0 Å². The van der Waals surface area contributed by atoms with E-state index in [9.17, 15) is 0 Å². The predicted molar refractivity (Wildman–Crippen MR) is 47.8 cm³/mol. The summed E-state index contributed by atoms with van der Waals surface area (Å²) in [6, 6.07) is 3.80. The smallest absolute Gasteiger partial charge is 0.0584 e. The van der Waals surface area contributed by atoms with E-state index in [4.69, 9.17) is 12.3 Å². The maximum absolute atomic E-state index is 5.32. The van der Waals surface area contributed by atoms with E-state index in [1.807, 2.05) is 12.1 Å². The van der Waals surface area contributed by atoms with Gasteiger partial charge in [0.05, 0.1) is 6.04 Å². The summed E-state index contributed by atoms with van der Waals surface area (Å²) in [5, 5.41) is 0. The van der Waals surface area contributed by atoms with E-state index in [-0.39, 0.29) is 6.04 Å². The number of nitrogens with two attached hydrogens (primary N) is 1. The van der Waals surface area contributed by atoms with Gasteiger partial charge in [-0.25, -0.2) is 0 Å². The minimum absolute atomic E-state index is 0.00343. The zero-order chi connectivity index (χ0) is 8.81. The number of aromatic nitrogens is 1. The molecule has 0 amide bonds. The highest BCUT2D eigenvalue weighted by molar-refractivity contribution is 5.15. The lowest BCUT2D eigenvalue weighted by Crippen LogP contribution is -2.27. The molecular formula is C9H11N3. The van der Waals surface area contributed by atoms with Crippen LogP contribution in [-0.4, -0.2) is 4.98 Å². The summed E-state index contributed by atoms with van der Waals surface area (Å²) in [4.78, 5) is 3.97. The molecule has 1 aromatic rings. The highest BCUT2D eigenvalue weighted by Crippen LogP contribution is 2.12. The number of hydrogen-bond acceptors (Lipinski definition) is 3. The van der Waals surface area contributed by atoms with Gasteiger partial charge in [-0.1, -0.05) is 6.07 Å². The first-order chi connectivity index (χ1) is 5.88. The Labute approximate surface area is 72.0 Å². The van der Waals surface area contributed by atoms with E-state index < -0.39 is 0 Å². The fraction of sp³-hybridized carbons (Fsp3) is 0.222. The van der Waals surface area contributed by atoms with Gasteiger partial charge in [0, 0.05) is 18.8 Å². The Bertz CT molecular complexity index is 263. The average Bonchev–Trinajstić information content (AvgIpc) is 2.15. The van der Waals surface area contributed by atoms with Gasteiger partial charge in [0.1, 0.15) is 0 Å². The standard InChI is InChI=1S/C9H11N3/c1-2-4-9(12-10)8-5-3-6-11-7-8/h1,3,5-7,9,12H,4,10H2. The molecule has 0 aliphatic rings. The molecule has 62 valence electrons. The van der Waals surface area contributed by atoms with Gasteiger partial charge in [0.2, 0.25) is 0 Å². The van der Waals surface area contributed by atoms with Crippen molar-refractivity contribution in [3.8, 4) is 12.3 Å². The lowest BCUT2D eigenvalue weighted by Gasteiger charge is -2.11. The Morgan fingerprint density at radius 3 is 3.08 bits per heavy atom. The van der Waals surface area contributed by atoms with Crippen LogP contribution in [0.2, 0.25) is 0 Å². The Morgan fingerprint density at radius 1 is 1.75 bits per heavy atom. The second kappa shape index (κ2) is 4.50. The fourth-order valence-electron chi connectivity index (χ4n) is 0.973. The molecule has 3 heteroatoms. The van der Waals surface area contributed by atoms with Crippen molar-refractivity contribution in [3.05, 3.63) is 30.1 Å². The second-order valence-corrected chi connectivity index (χ2v) is 2.41. The van der Waals surface area contributed by atoms with Gasteiger partial charge in [0.15, 0.2) is 0 Å². The number of pyridine rings is 1. The molecule has 1 aromatic heterocycles. The Balaban J connectivity index is 2.75. The molecule has 1 unspecified atom stereocenters. The second-order valence-electron chi connectivity index (χ2n) is 2.41. The molecule has 0 aromatic carbocycles. The number of hydrazine groups is 1. The molecule has 1 atom stereocenters. The summed E-state index contributed by atoms with van der Waals surface area (Å²) in [5.41, 5.74) is 3.65. The minimum Gasteiger partial charge on any atom is -0.271 e. The minimum atomic E-state index is 0.00343. The first-order valence-corrected chi connectivity index (χ1v) is 3.68. The molecule has 1 heterocycles. The van der Waals surface area contributed by atoms with Crippen molar-refractivity contribution in [2.24, 2.45) is 5.84 Å². The number of nitrogens with zero attached hydrogens (tertiary/aromatic N) is 1. The summed E-state index contributed by atoms with van der Waals surface area (Å²) in [6.07, 6.45) is 9.22. The Kier molecular flexibility index (Phi) is 3.27. The number of hydrogen-bond donors (Lipinski definition) is 2. The van der Waals surface area contributed by atoms with E-state index >= 15 is 0 Å². The SMILES string of the molecule is C#CCC(NN)c1cccnc1. The third kappa shape index (κ3) is 2.06. The maximum Gasteiger partial charge on any atom is 0.0584 e. The van der Waals surface area contributed by atoms with Crippen LogP contribution in [-0.2, 0) is 0 Å². The van der Waals surface area contributed by atoms with Crippen LogP contribution in [0.1, 0.15) is 18.0 Å². The highest BCUT2D eigenvalue weighted by Gasteiger charge is 2.06. The van der Waals surface area contributed by atoms with Crippen molar-refractivity contribution >= 4 is 0 Å². The van der Waals surface area contributed by atoms with E-state index in [1.54, 1.807) is 12.4 Å². The zero-order valence-corrected chi connectivity index (χ0v) is 6.70. The summed E-state index contributed by atoms with van der Waals surface area (Å²) < 4.78 is 0. The summed E-state index contributed by atoms with van der Waals surface area (Å²) in [5.74, 6) is 7.86. The largest absolute Gasteiger partial charge is 0.271 e. The van der Waals surface area contributed by atoms with Gasteiger partial charge >= 0.3 is 0 Å².